The Balaban J connectivity index is 1.53. The van der Waals surface area contributed by atoms with Crippen LogP contribution in [0.3, 0.4) is 0 Å². The van der Waals surface area contributed by atoms with Crippen LogP contribution in [0.25, 0.3) is 0 Å². The Morgan fingerprint density at radius 2 is 2.33 bits per heavy atom. The second-order valence-electron chi connectivity index (χ2n) is 5.26. The second kappa shape index (κ2) is 7.31. The minimum absolute atomic E-state index is 0.0973. The first-order chi connectivity index (χ1) is 11.7. The highest BCUT2D eigenvalue weighted by Crippen LogP contribution is 2.35. The quantitative estimate of drug-likeness (QED) is 0.855. The Morgan fingerprint density at radius 3 is 3.08 bits per heavy atom. The van der Waals surface area contributed by atoms with Crippen molar-refractivity contribution in [1.82, 2.24) is 10.3 Å². The molecule has 126 valence electrons. The molecule has 0 spiro atoms. The van der Waals surface area contributed by atoms with Gasteiger partial charge in [0.05, 0.1) is 19.6 Å². The van der Waals surface area contributed by atoms with Gasteiger partial charge in [-0.2, -0.15) is 0 Å². The molecule has 0 aliphatic carbocycles. The van der Waals surface area contributed by atoms with Gasteiger partial charge in [-0.25, -0.2) is 4.98 Å². The topological polar surface area (TPSA) is 89.5 Å². The predicted molar refractivity (Wildman–Crippen MR) is 89.4 cm³/mol. The van der Waals surface area contributed by atoms with E-state index in [1.54, 1.807) is 18.7 Å². The number of para-hydroxylation sites is 1. The zero-order chi connectivity index (χ0) is 16.9. The molecule has 7 nitrogen and oxygen atoms in total. The highest BCUT2D eigenvalue weighted by atomic mass is 32.1. The van der Waals surface area contributed by atoms with Gasteiger partial charge < -0.3 is 20.1 Å². The van der Waals surface area contributed by atoms with Crippen LogP contribution in [0.2, 0.25) is 0 Å². The molecule has 2 amide bonds. The molecule has 1 aromatic heterocycles. The number of hydrogen-bond acceptors (Lipinski definition) is 6. The van der Waals surface area contributed by atoms with E-state index in [2.05, 4.69) is 15.6 Å². The molecule has 2 N–H and O–H groups in total. The molecular formula is C16H17N3O4S. The number of benzene rings is 1. The van der Waals surface area contributed by atoms with Crippen LogP contribution in [0.1, 0.15) is 5.56 Å². The number of hydrogen-bond donors (Lipinski definition) is 2. The maximum absolute atomic E-state index is 12.3. The third-order valence-electron chi connectivity index (χ3n) is 3.65. The first kappa shape index (κ1) is 16.3. The van der Waals surface area contributed by atoms with E-state index in [0.717, 1.165) is 5.56 Å². The van der Waals surface area contributed by atoms with Crippen LogP contribution in [-0.2, 0) is 16.0 Å². The van der Waals surface area contributed by atoms with Crippen LogP contribution in [-0.4, -0.2) is 37.1 Å². The summed E-state index contributed by atoms with van der Waals surface area (Å²) in [6.45, 7) is 0.160. The van der Waals surface area contributed by atoms with E-state index in [9.17, 15) is 9.59 Å². The van der Waals surface area contributed by atoms with Gasteiger partial charge in [0.25, 0.3) is 0 Å². The van der Waals surface area contributed by atoms with Crippen LogP contribution in [0, 0.1) is 5.92 Å². The van der Waals surface area contributed by atoms with Gasteiger partial charge in [0, 0.05) is 11.6 Å². The van der Waals surface area contributed by atoms with Crippen LogP contribution in [0.15, 0.2) is 29.8 Å². The molecule has 24 heavy (non-hydrogen) atoms. The number of nitrogens with zero attached hydrogens (tertiary/aromatic N) is 1. The Kier molecular flexibility index (Phi) is 4.95. The Bertz CT molecular complexity index is 733. The molecule has 1 atom stereocenters. The molecule has 0 bridgehead atoms. The number of fused-ring (bicyclic) bond motifs is 1. The molecule has 0 radical (unpaired) electrons. The number of nitrogens with one attached hydrogen (secondary N) is 2. The molecule has 3 rings (SSSR count). The Hall–Kier alpha value is -2.61. The summed E-state index contributed by atoms with van der Waals surface area (Å²) in [6, 6.07) is 5.59. The lowest BCUT2D eigenvalue weighted by molar-refractivity contribution is -0.128. The molecule has 2 heterocycles. The normalized spacial score (nSPS) is 15.8. The molecule has 1 unspecified atom stereocenters. The number of ether oxygens (including phenoxy) is 2. The molecule has 1 aromatic carbocycles. The van der Waals surface area contributed by atoms with E-state index in [1.807, 2.05) is 18.2 Å². The number of anilines is 1. The van der Waals surface area contributed by atoms with Gasteiger partial charge in [0.15, 0.2) is 16.6 Å². The highest BCUT2D eigenvalue weighted by molar-refractivity contribution is 7.13. The molecule has 0 saturated heterocycles. The van der Waals surface area contributed by atoms with Gasteiger partial charge in [-0.05, 0) is 18.1 Å². The SMILES string of the molecule is COc1cccc2c1OCC(C(=O)NCC(=O)Nc1nccs1)C2. The van der Waals surface area contributed by atoms with Gasteiger partial charge in [0.2, 0.25) is 11.8 Å². The third-order valence-corrected chi connectivity index (χ3v) is 4.34. The Morgan fingerprint density at radius 1 is 1.46 bits per heavy atom. The van der Waals surface area contributed by atoms with Crippen molar-refractivity contribution >= 4 is 28.3 Å². The van der Waals surface area contributed by atoms with Gasteiger partial charge in [0.1, 0.15) is 6.61 Å². The summed E-state index contributed by atoms with van der Waals surface area (Å²) in [5, 5.41) is 7.53. The van der Waals surface area contributed by atoms with Crippen molar-refractivity contribution in [1.29, 1.82) is 0 Å². The number of thiazole rings is 1. The predicted octanol–water partition coefficient (Wildman–Crippen LogP) is 1.46. The van der Waals surface area contributed by atoms with Crippen LogP contribution >= 0.6 is 11.3 Å². The molecule has 2 aromatic rings. The summed E-state index contributed by atoms with van der Waals surface area (Å²) in [4.78, 5) is 28.0. The lowest BCUT2D eigenvalue weighted by Crippen LogP contribution is -2.40. The maximum Gasteiger partial charge on any atom is 0.245 e. The minimum Gasteiger partial charge on any atom is -0.493 e. The summed E-state index contributed by atoms with van der Waals surface area (Å²) in [6.07, 6.45) is 2.15. The van der Waals surface area contributed by atoms with Crippen molar-refractivity contribution in [3.8, 4) is 11.5 Å². The van der Waals surface area contributed by atoms with Gasteiger partial charge in [-0.3, -0.25) is 9.59 Å². The van der Waals surface area contributed by atoms with Crippen LogP contribution in [0.4, 0.5) is 5.13 Å². The Labute approximate surface area is 143 Å². The largest absolute Gasteiger partial charge is 0.493 e. The number of carbonyl (C=O) groups excluding carboxylic acids is 2. The summed E-state index contributed by atoms with van der Waals surface area (Å²) in [5.74, 6) is 0.492. The number of amides is 2. The number of methoxy groups -OCH3 is 1. The number of rotatable bonds is 5. The third kappa shape index (κ3) is 3.65. The summed E-state index contributed by atoms with van der Waals surface area (Å²) >= 11 is 1.32. The fourth-order valence-corrected chi connectivity index (χ4v) is 3.03. The molecule has 1 aliphatic rings. The number of carbonyl (C=O) groups is 2. The smallest absolute Gasteiger partial charge is 0.245 e. The van der Waals surface area contributed by atoms with Gasteiger partial charge >= 0.3 is 0 Å². The molecule has 1 aliphatic heterocycles. The van der Waals surface area contributed by atoms with Crippen molar-refractivity contribution in [2.75, 3.05) is 25.6 Å². The van der Waals surface area contributed by atoms with Crippen molar-refractivity contribution in [3.05, 3.63) is 35.3 Å². The van der Waals surface area contributed by atoms with Crippen LogP contribution < -0.4 is 20.1 Å². The van der Waals surface area contributed by atoms with E-state index in [0.29, 0.717) is 23.1 Å². The van der Waals surface area contributed by atoms with Crippen molar-refractivity contribution < 1.29 is 19.1 Å². The van der Waals surface area contributed by atoms with Crippen LogP contribution in [0.5, 0.6) is 11.5 Å². The highest BCUT2D eigenvalue weighted by Gasteiger charge is 2.28. The zero-order valence-electron chi connectivity index (χ0n) is 13.1. The first-order valence-electron chi connectivity index (χ1n) is 7.43. The fourth-order valence-electron chi connectivity index (χ4n) is 2.48. The monoisotopic (exact) mass is 347 g/mol. The van der Waals surface area contributed by atoms with Gasteiger partial charge in [-0.1, -0.05) is 12.1 Å². The van der Waals surface area contributed by atoms with E-state index in [4.69, 9.17) is 9.47 Å². The zero-order valence-corrected chi connectivity index (χ0v) is 13.9. The van der Waals surface area contributed by atoms with E-state index in [-0.39, 0.29) is 30.9 Å². The first-order valence-corrected chi connectivity index (χ1v) is 8.31. The molecule has 8 heteroatoms. The molecule has 0 fully saturated rings. The van der Waals surface area contributed by atoms with E-state index < -0.39 is 0 Å². The standard InChI is InChI=1S/C16H17N3O4S/c1-22-12-4-2-3-10-7-11(9-23-14(10)12)15(21)18-8-13(20)19-16-17-5-6-24-16/h2-6,11H,7-9H2,1H3,(H,18,21)(H,17,19,20). The van der Waals surface area contributed by atoms with E-state index in [1.165, 1.54) is 11.3 Å². The van der Waals surface area contributed by atoms with E-state index >= 15 is 0 Å². The average Bonchev–Trinajstić information content (AvgIpc) is 3.11. The second-order valence-corrected chi connectivity index (χ2v) is 6.16. The number of aromatic nitrogens is 1. The molecular weight excluding hydrogens is 330 g/mol. The fraction of sp³-hybridized carbons (Fsp3) is 0.312. The van der Waals surface area contributed by atoms with Gasteiger partial charge in [-0.15, -0.1) is 11.3 Å². The lowest BCUT2D eigenvalue weighted by Gasteiger charge is -2.25. The summed E-state index contributed by atoms with van der Waals surface area (Å²) in [5.41, 5.74) is 0.924. The lowest BCUT2D eigenvalue weighted by atomic mass is 9.95. The molecule has 0 saturated carbocycles. The average molecular weight is 347 g/mol. The maximum atomic E-state index is 12.3. The van der Waals surface area contributed by atoms with Crippen molar-refractivity contribution in [2.24, 2.45) is 5.92 Å². The van der Waals surface area contributed by atoms with Crippen molar-refractivity contribution in [2.45, 2.75) is 6.42 Å². The minimum atomic E-state index is -0.336. The summed E-state index contributed by atoms with van der Waals surface area (Å²) < 4.78 is 10.9. The summed E-state index contributed by atoms with van der Waals surface area (Å²) in [7, 11) is 1.58. The van der Waals surface area contributed by atoms with Crippen molar-refractivity contribution in [3.63, 3.8) is 0 Å².